The van der Waals surface area contributed by atoms with Gasteiger partial charge in [0.25, 0.3) is 5.69 Å². The molecule has 1 aliphatic carbocycles. The van der Waals surface area contributed by atoms with Gasteiger partial charge < -0.3 is 10.1 Å². The summed E-state index contributed by atoms with van der Waals surface area (Å²) in [4.78, 5) is 21.4. The quantitative estimate of drug-likeness (QED) is 0.507. The number of benzene rings is 1. The van der Waals surface area contributed by atoms with Gasteiger partial charge >= 0.3 is 0 Å². The molecule has 2 aliphatic rings. The van der Waals surface area contributed by atoms with Crippen LogP contribution in [0.2, 0.25) is 0 Å². The fraction of sp³-hybridized carbons (Fsp3) is 0.500. The molecule has 20 heavy (non-hydrogen) atoms. The second-order valence-electron chi connectivity index (χ2n) is 5.36. The molecule has 0 bridgehead atoms. The maximum atomic E-state index is 11.1. The largest absolute Gasteiger partial charge is 0.376 e. The molecule has 0 spiro atoms. The summed E-state index contributed by atoms with van der Waals surface area (Å²) in [6, 6.07) is 4.61. The van der Waals surface area contributed by atoms with E-state index < -0.39 is 4.92 Å². The number of carbonyl (C=O) groups is 1. The van der Waals surface area contributed by atoms with Crippen LogP contribution >= 0.6 is 0 Å². The smallest absolute Gasteiger partial charge is 0.293 e. The summed E-state index contributed by atoms with van der Waals surface area (Å²) >= 11 is 0. The highest BCUT2D eigenvalue weighted by molar-refractivity contribution is 5.79. The number of aldehydes is 1. The first-order chi connectivity index (χ1) is 9.69. The van der Waals surface area contributed by atoms with Crippen LogP contribution in [0.25, 0.3) is 0 Å². The lowest BCUT2D eigenvalue weighted by Gasteiger charge is -2.20. The summed E-state index contributed by atoms with van der Waals surface area (Å²) < 4.78 is 5.72. The van der Waals surface area contributed by atoms with E-state index in [-0.39, 0.29) is 17.8 Å². The Balaban J connectivity index is 1.82. The molecule has 1 aromatic rings. The number of carbonyl (C=O) groups excluding carboxylic acids is 1. The summed E-state index contributed by atoms with van der Waals surface area (Å²) in [5.41, 5.74) is 0.710. The van der Waals surface area contributed by atoms with Crippen LogP contribution < -0.4 is 5.32 Å². The average Bonchev–Trinajstić information content (AvgIpc) is 3.19. The lowest BCUT2D eigenvalue weighted by molar-refractivity contribution is -0.384. The third-order valence-electron chi connectivity index (χ3n) is 3.92. The predicted molar refractivity (Wildman–Crippen MR) is 73.0 cm³/mol. The lowest BCUT2D eigenvalue weighted by atomic mass is 10.1. The fourth-order valence-corrected chi connectivity index (χ4v) is 2.75. The van der Waals surface area contributed by atoms with Gasteiger partial charge in [0, 0.05) is 18.2 Å². The van der Waals surface area contributed by atoms with Gasteiger partial charge in [-0.3, -0.25) is 14.9 Å². The Morgan fingerprint density at radius 1 is 1.35 bits per heavy atom. The maximum Gasteiger partial charge on any atom is 0.293 e. The van der Waals surface area contributed by atoms with E-state index in [1.54, 1.807) is 12.1 Å². The highest BCUT2D eigenvalue weighted by Crippen LogP contribution is 2.40. The van der Waals surface area contributed by atoms with Crippen molar-refractivity contribution in [2.24, 2.45) is 5.92 Å². The van der Waals surface area contributed by atoms with Gasteiger partial charge in [-0.2, -0.15) is 0 Å². The van der Waals surface area contributed by atoms with Crippen molar-refractivity contribution in [3.8, 4) is 0 Å². The van der Waals surface area contributed by atoms with Crippen molar-refractivity contribution in [3.05, 3.63) is 33.9 Å². The van der Waals surface area contributed by atoms with E-state index in [0.717, 1.165) is 6.42 Å². The molecule has 2 atom stereocenters. The fourth-order valence-electron chi connectivity index (χ4n) is 2.75. The van der Waals surface area contributed by atoms with E-state index in [0.29, 0.717) is 30.1 Å². The zero-order valence-electron chi connectivity index (χ0n) is 11.0. The van der Waals surface area contributed by atoms with Crippen LogP contribution in [-0.2, 0) is 4.74 Å². The summed E-state index contributed by atoms with van der Waals surface area (Å²) in [6.07, 6.45) is 3.97. The van der Waals surface area contributed by atoms with Gasteiger partial charge in [-0.25, -0.2) is 0 Å². The average molecular weight is 276 g/mol. The Morgan fingerprint density at radius 2 is 2.15 bits per heavy atom. The van der Waals surface area contributed by atoms with Gasteiger partial charge in [0.1, 0.15) is 12.0 Å². The maximum absolute atomic E-state index is 11.1. The Morgan fingerprint density at radius 3 is 2.80 bits per heavy atom. The number of nitro groups is 1. The van der Waals surface area contributed by atoms with Crippen LogP contribution in [0.1, 0.15) is 29.6 Å². The van der Waals surface area contributed by atoms with Crippen LogP contribution in [-0.4, -0.2) is 30.0 Å². The van der Waals surface area contributed by atoms with Crippen molar-refractivity contribution >= 4 is 17.7 Å². The summed E-state index contributed by atoms with van der Waals surface area (Å²) in [7, 11) is 0. The van der Waals surface area contributed by atoms with E-state index in [9.17, 15) is 14.9 Å². The Bertz CT molecular complexity index is 542. The van der Waals surface area contributed by atoms with Crippen molar-refractivity contribution in [2.75, 3.05) is 11.9 Å². The van der Waals surface area contributed by atoms with E-state index in [1.807, 2.05) is 0 Å². The lowest BCUT2D eigenvalue weighted by Crippen LogP contribution is -2.31. The number of rotatable bonds is 5. The molecule has 106 valence electrons. The van der Waals surface area contributed by atoms with Crippen LogP contribution in [0.5, 0.6) is 0 Å². The van der Waals surface area contributed by atoms with Gasteiger partial charge in [0.2, 0.25) is 0 Å². The second kappa shape index (κ2) is 5.20. The number of hydrogen-bond donors (Lipinski definition) is 1. The molecule has 1 heterocycles. The van der Waals surface area contributed by atoms with Gasteiger partial charge in [-0.15, -0.1) is 0 Å². The SMILES string of the molecule is O=Cc1ccc(NC2CCOC2C2CC2)c([N+](=O)[O-])c1. The van der Waals surface area contributed by atoms with Crippen molar-refractivity contribution in [1.29, 1.82) is 0 Å². The minimum Gasteiger partial charge on any atom is -0.376 e. The Labute approximate surface area is 116 Å². The van der Waals surface area contributed by atoms with Crippen molar-refractivity contribution in [2.45, 2.75) is 31.4 Å². The number of nitrogens with one attached hydrogen (secondary N) is 1. The number of hydrogen-bond acceptors (Lipinski definition) is 5. The Hall–Kier alpha value is -1.95. The predicted octanol–water partition coefficient (Wildman–Crippen LogP) is 2.39. The van der Waals surface area contributed by atoms with Crippen LogP contribution in [0.15, 0.2) is 18.2 Å². The Kier molecular flexibility index (Phi) is 3.40. The molecule has 0 aromatic heterocycles. The molecule has 1 saturated heterocycles. The van der Waals surface area contributed by atoms with E-state index in [1.165, 1.54) is 18.9 Å². The van der Waals surface area contributed by atoms with E-state index >= 15 is 0 Å². The molecule has 6 nitrogen and oxygen atoms in total. The van der Waals surface area contributed by atoms with Gasteiger partial charge in [-0.1, -0.05) is 0 Å². The summed E-state index contributed by atoms with van der Waals surface area (Å²) in [6.45, 7) is 0.694. The normalized spacial score (nSPS) is 25.4. The molecule has 0 amide bonds. The number of ether oxygens (including phenoxy) is 1. The molecule has 6 heteroatoms. The molecular formula is C14H16N2O4. The zero-order valence-corrected chi connectivity index (χ0v) is 11.0. The molecule has 3 rings (SSSR count). The van der Waals surface area contributed by atoms with Crippen LogP contribution in [0.4, 0.5) is 11.4 Å². The standard InChI is InChI=1S/C14H16N2O4/c17-8-9-1-4-11(13(7-9)16(18)19)15-12-5-6-20-14(12)10-2-3-10/h1,4,7-8,10,12,14-15H,2-3,5-6H2. The summed E-state index contributed by atoms with van der Waals surface area (Å²) in [5, 5.41) is 14.3. The summed E-state index contributed by atoms with van der Waals surface area (Å²) in [5.74, 6) is 0.586. The van der Waals surface area contributed by atoms with Crippen LogP contribution in [0, 0.1) is 16.0 Å². The first-order valence-corrected chi connectivity index (χ1v) is 6.81. The minimum atomic E-state index is -0.461. The second-order valence-corrected chi connectivity index (χ2v) is 5.36. The van der Waals surface area contributed by atoms with Crippen LogP contribution in [0.3, 0.4) is 0 Å². The van der Waals surface area contributed by atoms with Crippen molar-refractivity contribution in [1.82, 2.24) is 0 Å². The van der Waals surface area contributed by atoms with Gasteiger partial charge in [0.05, 0.1) is 17.1 Å². The third-order valence-corrected chi connectivity index (χ3v) is 3.92. The highest BCUT2D eigenvalue weighted by atomic mass is 16.6. The number of nitro benzene ring substituents is 1. The number of nitrogens with zero attached hydrogens (tertiary/aromatic N) is 1. The topological polar surface area (TPSA) is 81.5 Å². The zero-order chi connectivity index (χ0) is 14.1. The molecule has 1 aliphatic heterocycles. The molecule has 1 saturated carbocycles. The van der Waals surface area contributed by atoms with Gasteiger partial charge in [0.15, 0.2) is 0 Å². The number of anilines is 1. The molecule has 1 aromatic carbocycles. The first kappa shape index (κ1) is 13.1. The van der Waals surface area contributed by atoms with E-state index in [4.69, 9.17) is 4.74 Å². The molecular weight excluding hydrogens is 260 g/mol. The molecule has 2 unspecified atom stereocenters. The minimum absolute atomic E-state index is 0.0592. The monoisotopic (exact) mass is 276 g/mol. The van der Waals surface area contributed by atoms with Gasteiger partial charge in [-0.05, 0) is 37.3 Å². The highest BCUT2D eigenvalue weighted by Gasteiger charge is 2.41. The van der Waals surface area contributed by atoms with Crippen molar-refractivity contribution in [3.63, 3.8) is 0 Å². The van der Waals surface area contributed by atoms with E-state index in [2.05, 4.69) is 5.32 Å². The first-order valence-electron chi connectivity index (χ1n) is 6.81. The molecule has 2 fully saturated rings. The molecule has 1 N–H and O–H groups in total. The third kappa shape index (κ3) is 2.51. The molecule has 0 radical (unpaired) electrons. The van der Waals surface area contributed by atoms with Crippen molar-refractivity contribution < 1.29 is 14.5 Å².